The standard InChI is InChI=1S/C12H14O4/c1-2-3-8-16-12(15)10-7-5-4-6-9(10)11(13)14/h4-7H,2-3,8H2,1H3,(H,13,14)/i1D3,8D. The first-order chi connectivity index (χ1) is 9.20. The Labute approximate surface area is 99.5 Å². The maximum Gasteiger partial charge on any atom is 0.339 e. The number of carbonyl (C=O) groups excluding carboxylic acids is 1. The Bertz CT molecular complexity index is 498. The first-order valence-electron chi connectivity index (χ1n) is 6.74. The number of rotatable bonds is 5. The fraction of sp³-hybridized carbons (Fsp3) is 0.333. The molecule has 1 rings (SSSR count). The highest BCUT2D eigenvalue weighted by molar-refractivity contribution is 6.02. The van der Waals surface area contributed by atoms with E-state index < -0.39 is 25.4 Å². The van der Waals surface area contributed by atoms with Gasteiger partial charge in [-0.05, 0) is 18.6 Å². The van der Waals surface area contributed by atoms with E-state index in [4.69, 9.17) is 15.3 Å². The molecule has 86 valence electrons. The highest BCUT2D eigenvalue weighted by Gasteiger charge is 2.16. The predicted molar refractivity (Wildman–Crippen MR) is 58.6 cm³/mol. The molecule has 1 aromatic carbocycles. The first kappa shape index (κ1) is 7.44. The summed E-state index contributed by atoms with van der Waals surface area (Å²) in [7, 11) is 0. The number of carboxylic acids is 1. The van der Waals surface area contributed by atoms with Crippen molar-refractivity contribution < 1.29 is 24.9 Å². The van der Waals surface area contributed by atoms with Crippen LogP contribution in [0.2, 0.25) is 0 Å². The number of hydrogen-bond donors (Lipinski definition) is 1. The van der Waals surface area contributed by atoms with Crippen LogP contribution in [0.5, 0.6) is 0 Å². The van der Waals surface area contributed by atoms with Gasteiger partial charge in [-0.1, -0.05) is 25.4 Å². The number of carboxylic acid groups (broad SMARTS) is 1. The van der Waals surface area contributed by atoms with Gasteiger partial charge in [0.1, 0.15) is 0 Å². The summed E-state index contributed by atoms with van der Waals surface area (Å²) in [4.78, 5) is 22.7. The normalized spacial score (nSPS) is 16.2. The Hall–Kier alpha value is -1.84. The topological polar surface area (TPSA) is 63.6 Å². The number of esters is 1. The summed E-state index contributed by atoms with van der Waals surface area (Å²) in [6.07, 6.45) is -0.396. The highest BCUT2D eigenvalue weighted by Crippen LogP contribution is 2.10. The summed E-state index contributed by atoms with van der Waals surface area (Å²) in [6.45, 7) is -3.53. The lowest BCUT2D eigenvalue weighted by atomic mass is 10.1. The van der Waals surface area contributed by atoms with Crippen LogP contribution in [0.15, 0.2) is 24.3 Å². The number of aromatic carboxylic acids is 1. The van der Waals surface area contributed by atoms with E-state index in [2.05, 4.69) is 0 Å². The van der Waals surface area contributed by atoms with Crippen molar-refractivity contribution in [1.29, 1.82) is 0 Å². The quantitative estimate of drug-likeness (QED) is 0.783. The molecule has 4 nitrogen and oxygen atoms in total. The fourth-order valence-corrected chi connectivity index (χ4v) is 1.10. The van der Waals surface area contributed by atoms with Crippen molar-refractivity contribution in [3.05, 3.63) is 35.4 Å². The molecule has 1 N–H and O–H groups in total. The van der Waals surface area contributed by atoms with Gasteiger partial charge in [0.2, 0.25) is 0 Å². The lowest BCUT2D eigenvalue weighted by molar-refractivity contribution is 0.0489. The summed E-state index contributed by atoms with van der Waals surface area (Å²) in [5.74, 6) is -2.23. The Morgan fingerprint density at radius 2 is 2.12 bits per heavy atom. The average molecular weight is 226 g/mol. The van der Waals surface area contributed by atoms with E-state index in [1.807, 2.05) is 0 Å². The largest absolute Gasteiger partial charge is 0.478 e. The minimum Gasteiger partial charge on any atom is -0.478 e. The molecule has 0 aliphatic heterocycles. The van der Waals surface area contributed by atoms with Crippen molar-refractivity contribution in [2.75, 3.05) is 6.58 Å². The van der Waals surface area contributed by atoms with Crippen molar-refractivity contribution >= 4 is 11.9 Å². The first-order valence-corrected chi connectivity index (χ1v) is 4.66. The van der Waals surface area contributed by atoms with Crippen molar-refractivity contribution in [3.8, 4) is 0 Å². The van der Waals surface area contributed by atoms with Crippen LogP contribution in [0.4, 0.5) is 0 Å². The molecule has 0 fully saturated rings. The van der Waals surface area contributed by atoms with Crippen LogP contribution in [-0.4, -0.2) is 23.6 Å². The van der Waals surface area contributed by atoms with Crippen molar-refractivity contribution in [1.82, 2.24) is 0 Å². The van der Waals surface area contributed by atoms with Crippen LogP contribution in [-0.2, 0) is 4.74 Å². The van der Waals surface area contributed by atoms with Gasteiger partial charge in [0.05, 0.1) is 19.1 Å². The van der Waals surface area contributed by atoms with Crippen molar-refractivity contribution in [2.45, 2.75) is 19.7 Å². The van der Waals surface area contributed by atoms with Gasteiger partial charge in [0.15, 0.2) is 0 Å². The summed E-state index contributed by atoms with van der Waals surface area (Å²) in [5, 5.41) is 8.93. The Morgan fingerprint density at radius 1 is 1.44 bits per heavy atom. The minimum atomic E-state index is -2.19. The Kier molecular flexibility index (Phi) is 2.74. The molecule has 0 bridgehead atoms. The zero-order valence-corrected chi connectivity index (χ0v) is 8.47. The number of benzene rings is 1. The van der Waals surface area contributed by atoms with Crippen LogP contribution in [0.3, 0.4) is 0 Å². The van der Waals surface area contributed by atoms with Gasteiger partial charge in [0, 0.05) is 4.11 Å². The van der Waals surface area contributed by atoms with E-state index in [1.165, 1.54) is 24.3 Å². The molecule has 0 aromatic heterocycles. The molecule has 4 heteroatoms. The number of ether oxygens (including phenoxy) is 1. The van der Waals surface area contributed by atoms with Gasteiger partial charge in [-0.3, -0.25) is 0 Å². The third kappa shape index (κ3) is 3.08. The van der Waals surface area contributed by atoms with Crippen molar-refractivity contribution in [3.63, 3.8) is 0 Å². The second-order valence-corrected chi connectivity index (χ2v) is 2.96. The SMILES string of the molecule is [2H]C(CCC([2H])([2H])[2H])OC(=O)c1ccccc1C(=O)O. The molecule has 0 saturated carbocycles. The van der Waals surface area contributed by atoms with E-state index in [9.17, 15) is 9.59 Å². The summed E-state index contributed by atoms with van der Waals surface area (Å²) in [5.41, 5.74) is -0.383. The minimum absolute atomic E-state index is 0.141. The Morgan fingerprint density at radius 3 is 2.75 bits per heavy atom. The summed E-state index contributed by atoms with van der Waals surface area (Å²) in [6, 6.07) is 5.47. The van der Waals surface area contributed by atoms with E-state index in [0.29, 0.717) is 0 Å². The predicted octanol–water partition coefficient (Wildman–Crippen LogP) is 2.34. The summed E-state index contributed by atoms with van der Waals surface area (Å²) < 4.78 is 33.2. The maximum absolute atomic E-state index is 11.8. The third-order valence-electron chi connectivity index (χ3n) is 1.83. The lowest BCUT2D eigenvalue weighted by Crippen LogP contribution is -2.12. The zero-order chi connectivity index (χ0) is 15.3. The average Bonchev–Trinajstić information content (AvgIpc) is 2.35. The van der Waals surface area contributed by atoms with Gasteiger partial charge in [0.25, 0.3) is 0 Å². The second kappa shape index (κ2) is 5.90. The van der Waals surface area contributed by atoms with Crippen LogP contribution in [0.1, 0.15) is 45.9 Å². The van der Waals surface area contributed by atoms with E-state index >= 15 is 0 Å². The van der Waals surface area contributed by atoms with Gasteiger partial charge in [-0.15, -0.1) is 0 Å². The van der Waals surface area contributed by atoms with Gasteiger partial charge < -0.3 is 9.84 Å². The molecule has 0 radical (unpaired) electrons. The molecule has 1 aromatic rings. The van der Waals surface area contributed by atoms with E-state index in [0.717, 1.165) is 0 Å². The van der Waals surface area contributed by atoms with Crippen LogP contribution < -0.4 is 0 Å². The number of hydrogen-bond acceptors (Lipinski definition) is 3. The van der Waals surface area contributed by atoms with Gasteiger partial charge >= 0.3 is 11.9 Å². The molecule has 0 aliphatic carbocycles. The molecule has 0 aliphatic rings. The summed E-state index contributed by atoms with van der Waals surface area (Å²) >= 11 is 0. The van der Waals surface area contributed by atoms with E-state index in [1.54, 1.807) is 0 Å². The monoisotopic (exact) mass is 226 g/mol. The molecule has 1 unspecified atom stereocenters. The smallest absolute Gasteiger partial charge is 0.339 e. The Balaban J connectivity index is 2.70. The van der Waals surface area contributed by atoms with Crippen LogP contribution in [0.25, 0.3) is 0 Å². The zero-order valence-electron chi connectivity index (χ0n) is 12.5. The van der Waals surface area contributed by atoms with E-state index in [-0.39, 0.29) is 24.0 Å². The molecular weight excluding hydrogens is 208 g/mol. The van der Waals surface area contributed by atoms with Crippen molar-refractivity contribution in [2.24, 2.45) is 0 Å². The molecule has 0 spiro atoms. The maximum atomic E-state index is 11.8. The van der Waals surface area contributed by atoms with Crippen LogP contribution >= 0.6 is 0 Å². The van der Waals surface area contributed by atoms with Gasteiger partial charge in [-0.25, -0.2) is 9.59 Å². The highest BCUT2D eigenvalue weighted by atomic mass is 16.5. The second-order valence-electron chi connectivity index (χ2n) is 2.96. The molecule has 1 atom stereocenters. The van der Waals surface area contributed by atoms with Crippen LogP contribution in [0, 0.1) is 0 Å². The fourth-order valence-electron chi connectivity index (χ4n) is 1.10. The number of carbonyl (C=O) groups is 2. The molecule has 16 heavy (non-hydrogen) atoms. The van der Waals surface area contributed by atoms with Gasteiger partial charge in [-0.2, -0.15) is 0 Å². The third-order valence-corrected chi connectivity index (χ3v) is 1.83. The molecule has 0 amide bonds. The molecular formula is C12H14O4. The lowest BCUT2D eigenvalue weighted by Gasteiger charge is -2.06. The molecule has 0 saturated heterocycles. The molecule has 0 heterocycles.